The first-order valence-electron chi connectivity index (χ1n) is 11.1. The molecule has 2 aromatic rings. The Morgan fingerprint density at radius 2 is 1.06 bits per heavy atom. The van der Waals surface area contributed by atoms with Crippen LogP contribution in [-0.4, -0.2) is 54.8 Å². The molecule has 0 saturated carbocycles. The summed E-state index contributed by atoms with van der Waals surface area (Å²) in [4.78, 5) is 51.0. The molecule has 9 heteroatoms. The monoisotopic (exact) mass is 467 g/mol. The van der Waals surface area contributed by atoms with Gasteiger partial charge in [0.1, 0.15) is 0 Å². The number of nitrogens with one attached hydrogen (secondary N) is 4. The Morgan fingerprint density at radius 3 is 1.44 bits per heavy atom. The van der Waals surface area contributed by atoms with Gasteiger partial charge in [-0.2, -0.15) is 0 Å². The van der Waals surface area contributed by atoms with Gasteiger partial charge in [0.15, 0.2) is 0 Å². The third-order valence-corrected chi connectivity index (χ3v) is 5.18. The van der Waals surface area contributed by atoms with Crippen LogP contribution in [0.5, 0.6) is 0 Å². The number of rotatable bonds is 9. The van der Waals surface area contributed by atoms with Crippen LogP contribution >= 0.6 is 0 Å². The van der Waals surface area contributed by atoms with Gasteiger partial charge in [-0.1, -0.05) is 36.4 Å². The summed E-state index contributed by atoms with van der Waals surface area (Å²) in [5, 5.41) is 10.4. The molecule has 0 fully saturated rings. The number of urea groups is 1. The van der Waals surface area contributed by atoms with E-state index in [1.807, 2.05) is 64.1 Å². The summed E-state index contributed by atoms with van der Waals surface area (Å²) in [6.45, 7) is 8.91. The largest absolute Gasteiger partial charge is 0.338 e. The topological polar surface area (TPSA) is 120 Å². The van der Waals surface area contributed by atoms with E-state index in [-0.39, 0.29) is 31.4 Å². The number of anilines is 2. The maximum absolute atomic E-state index is 12.8. The smallest absolute Gasteiger partial charge is 0.321 e. The van der Waals surface area contributed by atoms with E-state index in [4.69, 9.17) is 0 Å². The Bertz CT molecular complexity index is 959. The number of carbonyl (C=O) groups excluding carboxylic acids is 4. The van der Waals surface area contributed by atoms with Crippen LogP contribution in [0.3, 0.4) is 0 Å². The van der Waals surface area contributed by atoms with E-state index in [0.717, 1.165) is 22.3 Å². The predicted molar refractivity (Wildman–Crippen MR) is 133 cm³/mol. The Hall–Kier alpha value is -3.72. The maximum atomic E-state index is 12.8. The number of benzene rings is 2. The number of nitrogens with zero attached hydrogens (tertiary/aromatic N) is 1. The number of amides is 5. The van der Waals surface area contributed by atoms with Crippen LogP contribution < -0.4 is 21.3 Å². The zero-order valence-corrected chi connectivity index (χ0v) is 20.4. The van der Waals surface area contributed by atoms with Crippen molar-refractivity contribution in [2.75, 3.05) is 36.8 Å². The van der Waals surface area contributed by atoms with Gasteiger partial charge in [-0.05, 0) is 56.9 Å². The Morgan fingerprint density at radius 1 is 0.676 bits per heavy atom. The molecule has 0 aliphatic heterocycles. The van der Waals surface area contributed by atoms with Gasteiger partial charge in [0.25, 0.3) is 0 Å². The summed E-state index contributed by atoms with van der Waals surface area (Å²) in [5.41, 5.74) is 5.00. The standard InChI is InChI=1S/C25H33N5O4/c1-6-26-25(34)29-22(33)15-30(13-20(31)27-23-16(2)9-7-10-17(23)3)14-21(32)28-24-18(4)11-8-12-19(24)5/h7-12H,6,13-15H2,1-5H3,(H,27,31)(H,28,32)(H2,26,29,33,34). The lowest BCUT2D eigenvalue weighted by Gasteiger charge is -2.22. The van der Waals surface area contributed by atoms with Crippen LogP contribution in [0.4, 0.5) is 16.2 Å². The van der Waals surface area contributed by atoms with Crippen molar-refractivity contribution in [3.05, 3.63) is 58.7 Å². The number of aryl methyl sites for hydroxylation is 4. The van der Waals surface area contributed by atoms with E-state index in [9.17, 15) is 19.2 Å². The van der Waals surface area contributed by atoms with Crippen molar-refractivity contribution in [2.45, 2.75) is 34.6 Å². The third-order valence-electron chi connectivity index (χ3n) is 5.18. The zero-order chi connectivity index (χ0) is 25.3. The molecule has 0 atom stereocenters. The predicted octanol–water partition coefficient (Wildman–Crippen LogP) is 2.65. The van der Waals surface area contributed by atoms with Crippen LogP contribution in [0.2, 0.25) is 0 Å². The summed E-state index contributed by atoms with van der Waals surface area (Å²) >= 11 is 0. The molecule has 0 spiro atoms. The first kappa shape index (κ1) is 26.5. The highest BCUT2D eigenvalue weighted by molar-refractivity contribution is 5.98. The van der Waals surface area contributed by atoms with Crippen LogP contribution in [-0.2, 0) is 14.4 Å². The van der Waals surface area contributed by atoms with Gasteiger partial charge in [0.2, 0.25) is 17.7 Å². The van der Waals surface area contributed by atoms with Gasteiger partial charge >= 0.3 is 6.03 Å². The van der Waals surface area contributed by atoms with Crippen molar-refractivity contribution in [3.63, 3.8) is 0 Å². The third kappa shape index (κ3) is 8.00. The van der Waals surface area contributed by atoms with E-state index in [0.29, 0.717) is 17.9 Å². The number of imide groups is 1. The highest BCUT2D eigenvalue weighted by Crippen LogP contribution is 2.20. The van der Waals surface area contributed by atoms with Gasteiger partial charge in [-0.25, -0.2) is 4.79 Å². The Kier molecular flexibility index (Phi) is 9.76. The fraction of sp³-hybridized carbons (Fsp3) is 0.360. The van der Waals surface area contributed by atoms with Crippen molar-refractivity contribution >= 4 is 35.1 Å². The molecule has 0 aromatic heterocycles. The lowest BCUT2D eigenvalue weighted by atomic mass is 10.1. The van der Waals surface area contributed by atoms with Gasteiger partial charge < -0.3 is 16.0 Å². The maximum Gasteiger partial charge on any atom is 0.321 e. The molecule has 182 valence electrons. The van der Waals surface area contributed by atoms with Crippen molar-refractivity contribution in [1.29, 1.82) is 0 Å². The normalized spacial score (nSPS) is 10.5. The van der Waals surface area contributed by atoms with E-state index < -0.39 is 11.9 Å². The number of hydrogen-bond acceptors (Lipinski definition) is 5. The van der Waals surface area contributed by atoms with Crippen molar-refractivity contribution < 1.29 is 19.2 Å². The van der Waals surface area contributed by atoms with Crippen molar-refractivity contribution in [1.82, 2.24) is 15.5 Å². The molecule has 0 unspecified atom stereocenters. The minimum atomic E-state index is -0.632. The van der Waals surface area contributed by atoms with Crippen LogP contribution in [0, 0.1) is 27.7 Å². The Labute approximate surface area is 200 Å². The van der Waals surface area contributed by atoms with E-state index >= 15 is 0 Å². The number of hydrogen-bond donors (Lipinski definition) is 4. The van der Waals surface area contributed by atoms with E-state index in [1.54, 1.807) is 6.92 Å². The molecule has 34 heavy (non-hydrogen) atoms. The quantitative estimate of drug-likeness (QED) is 0.452. The molecule has 0 aliphatic carbocycles. The molecule has 0 heterocycles. The molecular weight excluding hydrogens is 434 g/mol. The summed E-state index contributed by atoms with van der Waals surface area (Å²) in [6, 6.07) is 10.7. The molecule has 0 radical (unpaired) electrons. The number of carbonyl (C=O) groups is 4. The lowest BCUT2D eigenvalue weighted by Crippen LogP contribution is -2.47. The van der Waals surface area contributed by atoms with E-state index in [2.05, 4.69) is 21.3 Å². The summed E-state index contributed by atoms with van der Waals surface area (Å²) in [7, 11) is 0. The van der Waals surface area contributed by atoms with Crippen LogP contribution in [0.15, 0.2) is 36.4 Å². The van der Waals surface area contributed by atoms with Crippen LogP contribution in [0.25, 0.3) is 0 Å². The van der Waals surface area contributed by atoms with Crippen molar-refractivity contribution in [3.8, 4) is 0 Å². The first-order valence-corrected chi connectivity index (χ1v) is 11.1. The molecule has 2 rings (SSSR count). The minimum absolute atomic E-state index is 0.212. The molecule has 0 bridgehead atoms. The molecular formula is C25H33N5O4. The molecule has 5 amide bonds. The molecule has 0 aliphatic rings. The SMILES string of the molecule is CCNC(=O)NC(=O)CN(CC(=O)Nc1c(C)cccc1C)CC(=O)Nc1c(C)cccc1C. The second-order valence-electron chi connectivity index (χ2n) is 8.18. The number of para-hydroxylation sites is 2. The fourth-order valence-electron chi connectivity index (χ4n) is 3.53. The molecule has 2 aromatic carbocycles. The second-order valence-corrected chi connectivity index (χ2v) is 8.18. The zero-order valence-electron chi connectivity index (χ0n) is 20.4. The molecule has 4 N–H and O–H groups in total. The summed E-state index contributed by atoms with van der Waals surface area (Å²) in [6.07, 6.45) is 0. The second kappa shape index (κ2) is 12.5. The highest BCUT2D eigenvalue weighted by atomic mass is 16.2. The van der Waals surface area contributed by atoms with E-state index in [1.165, 1.54) is 4.90 Å². The summed E-state index contributed by atoms with van der Waals surface area (Å²) in [5.74, 6) is -1.36. The minimum Gasteiger partial charge on any atom is -0.338 e. The van der Waals surface area contributed by atoms with Crippen LogP contribution in [0.1, 0.15) is 29.2 Å². The summed E-state index contributed by atoms with van der Waals surface area (Å²) < 4.78 is 0. The highest BCUT2D eigenvalue weighted by Gasteiger charge is 2.20. The van der Waals surface area contributed by atoms with Crippen molar-refractivity contribution in [2.24, 2.45) is 0 Å². The van der Waals surface area contributed by atoms with Gasteiger partial charge in [-0.3, -0.25) is 24.6 Å². The average molecular weight is 468 g/mol. The Balaban J connectivity index is 2.12. The fourth-order valence-corrected chi connectivity index (χ4v) is 3.53. The van der Waals surface area contributed by atoms with Gasteiger partial charge in [0.05, 0.1) is 19.6 Å². The first-order chi connectivity index (χ1) is 16.1. The van der Waals surface area contributed by atoms with Gasteiger partial charge in [0, 0.05) is 17.9 Å². The molecule has 9 nitrogen and oxygen atoms in total. The lowest BCUT2D eigenvalue weighted by molar-refractivity contribution is -0.124. The molecule has 0 saturated heterocycles. The van der Waals surface area contributed by atoms with Gasteiger partial charge in [-0.15, -0.1) is 0 Å². The average Bonchev–Trinajstić information content (AvgIpc) is 2.73.